The standard InChI is InChI=1S/C17H25NO2S/c1-12-9-15(10-13(2)20-12)17(19)18(3)11-14-5-7-16(21-4)8-6-14/h5-8,12-13,15H,9-11H2,1-4H3/t12-,13-/m0/s1. The van der Waals surface area contributed by atoms with Gasteiger partial charge in [-0.1, -0.05) is 12.1 Å². The first kappa shape index (κ1) is 16.4. The van der Waals surface area contributed by atoms with Crippen LogP contribution in [0.25, 0.3) is 0 Å². The van der Waals surface area contributed by atoms with Crippen LogP contribution in [-0.4, -0.2) is 36.3 Å². The van der Waals surface area contributed by atoms with Gasteiger partial charge >= 0.3 is 0 Å². The molecule has 1 aliphatic heterocycles. The van der Waals surface area contributed by atoms with Gasteiger partial charge in [-0.15, -0.1) is 11.8 Å². The lowest BCUT2D eigenvalue weighted by Gasteiger charge is -2.33. The molecule has 0 unspecified atom stereocenters. The molecule has 0 aromatic heterocycles. The molecule has 1 aromatic rings. The summed E-state index contributed by atoms with van der Waals surface area (Å²) in [5, 5.41) is 0. The summed E-state index contributed by atoms with van der Waals surface area (Å²) in [5.41, 5.74) is 1.18. The van der Waals surface area contributed by atoms with Crippen molar-refractivity contribution >= 4 is 17.7 Å². The molecule has 0 bridgehead atoms. The van der Waals surface area contributed by atoms with Gasteiger partial charge in [0.25, 0.3) is 0 Å². The predicted molar refractivity (Wildman–Crippen MR) is 87.4 cm³/mol. The normalized spacial score (nSPS) is 25.6. The first-order valence-electron chi connectivity index (χ1n) is 7.53. The van der Waals surface area contributed by atoms with E-state index in [0.717, 1.165) is 12.8 Å². The highest BCUT2D eigenvalue weighted by Gasteiger charge is 2.31. The second kappa shape index (κ2) is 7.32. The lowest BCUT2D eigenvalue weighted by molar-refractivity contribution is -0.142. The minimum atomic E-state index is 0.0965. The number of benzene rings is 1. The smallest absolute Gasteiger partial charge is 0.225 e. The van der Waals surface area contributed by atoms with Gasteiger partial charge in [0, 0.05) is 24.4 Å². The summed E-state index contributed by atoms with van der Waals surface area (Å²) in [6, 6.07) is 8.42. The van der Waals surface area contributed by atoms with E-state index in [0.29, 0.717) is 6.54 Å². The van der Waals surface area contributed by atoms with Crippen molar-refractivity contribution < 1.29 is 9.53 Å². The third-order valence-electron chi connectivity index (χ3n) is 4.00. The minimum absolute atomic E-state index is 0.0965. The third kappa shape index (κ3) is 4.48. The molecule has 2 atom stereocenters. The van der Waals surface area contributed by atoms with Crippen LogP contribution in [0.15, 0.2) is 29.2 Å². The van der Waals surface area contributed by atoms with Crippen LogP contribution >= 0.6 is 11.8 Å². The predicted octanol–water partition coefficient (Wildman–Crippen LogP) is 3.57. The number of nitrogens with zero attached hydrogens (tertiary/aromatic N) is 1. The maximum absolute atomic E-state index is 12.6. The Morgan fingerprint density at radius 1 is 1.24 bits per heavy atom. The van der Waals surface area contributed by atoms with E-state index >= 15 is 0 Å². The summed E-state index contributed by atoms with van der Waals surface area (Å²) >= 11 is 1.73. The average molecular weight is 307 g/mol. The van der Waals surface area contributed by atoms with Crippen molar-refractivity contribution in [1.82, 2.24) is 4.90 Å². The minimum Gasteiger partial charge on any atom is -0.376 e. The zero-order valence-corrected chi connectivity index (χ0v) is 14.2. The number of thioether (sulfide) groups is 1. The molecule has 4 heteroatoms. The molecule has 0 N–H and O–H groups in total. The molecule has 0 saturated carbocycles. The van der Waals surface area contributed by atoms with Crippen LogP contribution in [0.5, 0.6) is 0 Å². The Hall–Kier alpha value is -1.00. The highest BCUT2D eigenvalue weighted by atomic mass is 32.2. The maximum Gasteiger partial charge on any atom is 0.225 e. The molecule has 1 amide bonds. The van der Waals surface area contributed by atoms with Crippen LogP contribution in [0.4, 0.5) is 0 Å². The summed E-state index contributed by atoms with van der Waals surface area (Å²) in [4.78, 5) is 15.7. The Kier molecular flexibility index (Phi) is 5.71. The van der Waals surface area contributed by atoms with Crippen molar-refractivity contribution in [3.8, 4) is 0 Å². The molecular weight excluding hydrogens is 282 g/mol. The molecule has 2 rings (SSSR count). The zero-order valence-electron chi connectivity index (χ0n) is 13.3. The molecule has 1 aromatic carbocycles. The SMILES string of the molecule is CSc1ccc(CN(C)C(=O)C2C[C@H](C)O[C@@H](C)C2)cc1. The van der Waals surface area contributed by atoms with Crippen molar-refractivity contribution in [1.29, 1.82) is 0 Å². The van der Waals surface area contributed by atoms with Gasteiger partial charge in [0.1, 0.15) is 0 Å². The van der Waals surface area contributed by atoms with Gasteiger partial charge in [0.05, 0.1) is 12.2 Å². The third-order valence-corrected chi connectivity index (χ3v) is 4.75. The van der Waals surface area contributed by atoms with E-state index in [1.807, 2.05) is 11.9 Å². The van der Waals surface area contributed by atoms with Gasteiger partial charge in [-0.05, 0) is 50.6 Å². The van der Waals surface area contributed by atoms with E-state index in [9.17, 15) is 4.79 Å². The molecule has 21 heavy (non-hydrogen) atoms. The summed E-state index contributed by atoms with van der Waals surface area (Å²) in [6.07, 6.45) is 4.09. The fraction of sp³-hybridized carbons (Fsp3) is 0.588. The van der Waals surface area contributed by atoms with Crippen LogP contribution in [0.1, 0.15) is 32.3 Å². The fourth-order valence-corrected chi connectivity index (χ4v) is 3.41. The molecule has 116 valence electrons. The number of hydrogen-bond donors (Lipinski definition) is 0. The quantitative estimate of drug-likeness (QED) is 0.796. The molecule has 0 aliphatic carbocycles. The van der Waals surface area contributed by atoms with Gasteiger partial charge in [0.2, 0.25) is 5.91 Å². The first-order valence-corrected chi connectivity index (χ1v) is 8.75. The average Bonchev–Trinajstić information content (AvgIpc) is 2.46. The van der Waals surface area contributed by atoms with Crippen LogP contribution in [0.2, 0.25) is 0 Å². The Morgan fingerprint density at radius 2 is 1.81 bits per heavy atom. The van der Waals surface area contributed by atoms with Gasteiger partial charge in [-0.25, -0.2) is 0 Å². The number of amides is 1. The number of carbonyl (C=O) groups is 1. The van der Waals surface area contributed by atoms with Crippen molar-refractivity contribution in [3.63, 3.8) is 0 Å². The van der Waals surface area contributed by atoms with Crippen molar-refractivity contribution in [3.05, 3.63) is 29.8 Å². The summed E-state index contributed by atoms with van der Waals surface area (Å²) in [6.45, 7) is 4.78. The van der Waals surface area contributed by atoms with Crippen molar-refractivity contribution in [2.45, 2.75) is 50.3 Å². The van der Waals surface area contributed by atoms with Crippen LogP contribution < -0.4 is 0 Å². The molecule has 3 nitrogen and oxygen atoms in total. The van der Waals surface area contributed by atoms with E-state index in [2.05, 4.69) is 44.4 Å². The van der Waals surface area contributed by atoms with Crippen molar-refractivity contribution in [2.24, 2.45) is 5.92 Å². The first-order chi connectivity index (χ1) is 9.99. The highest BCUT2D eigenvalue weighted by molar-refractivity contribution is 7.98. The van der Waals surface area contributed by atoms with E-state index in [-0.39, 0.29) is 24.0 Å². The Morgan fingerprint density at radius 3 is 2.33 bits per heavy atom. The fourth-order valence-electron chi connectivity index (χ4n) is 3.00. The molecule has 1 aliphatic rings. The van der Waals surface area contributed by atoms with E-state index in [4.69, 9.17) is 4.74 Å². The Bertz CT molecular complexity index is 464. The molecule has 1 heterocycles. The number of rotatable bonds is 4. The summed E-state index contributed by atoms with van der Waals surface area (Å²) in [7, 11) is 1.90. The van der Waals surface area contributed by atoms with Crippen LogP contribution in [-0.2, 0) is 16.1 Å². The molecular formula is C17H25NO2S. The molecule has 1 saturated heterocycles. The summed E-state index contributed by atoms with van der Waals surface area (Å²) < 4.78 is 5.72. The lowest BCUT2D eigenvalue weighted by Crippen LogP contribution is -2.39. The molecule has 0 spiro atoms. The highest BCUT2D eigenvalue weighted by Crippen LogP contribution is 2.26. The van der Waals surface area contributed by atoms with Crippen LogP contribution in [0, 0.1) is 5.92 Å². The molecule has 1 fully saturated rings. The van der Waals surface area contributed by atoms with E-state index in [1.165, 1.54) is 10.5 Å². The number of ether oxygens (including phenoxy) is 1. The Balaban J connectivity index is 1.95. The largest absolute Gasteiger partial charge is 0.376 e. The maximum atomic E-state index is 12.6. The second-order valence-electron chi connectivity index (χ2n) is 5.97. The zero-order chi connectivity index (χ0) is 15.4. The number of carbonyl (C=O) groups excluding carboxylic acids is 1. The monoisotopic (exact) mass is 307 g/mol. The second-order valence-corrected chi connectivity index (χ2v) is 6.85. The lowest BCUT2D eigenvalue weighted by atomic mass is 9.91. The van der Waals surface area contributed by atoms with Gasteiger partial charge < -0.3 is 9.64 Å². The van der Waals surface area contributed by atoms with Gasteiger partial charge in [0.15, 0.2) is 0 Å². The van der Waals surface area contributed by atoms with Gasteiger partial charge in [-0.3, -0.25) is 4.79 Å². The Labute approximate surface area is 132 Å². The van der Waals surface area contributed by atoms with E-state index < -0.39 is 0 Å². The van der Waals surface area contributed by atoms with Gasteiger partial charge in [-0.2, -0.15) is 0 Å². The van der Waals surface area contributed by atoms with E-state index in [1.54, 1.807) is 11.8 Å². The summed E-state index contributed by atoms with van der Waals surface area (Å²) in [5.74, 6) is 0.338. The molecule has 0 radical (unpaired) electrons. The topological polar surface area (TPSA) is 29.5 Å². The van der Waals surface area contributed by atoms with Crippen LogP contribution in [0.3, 0.4) is 0 Å². The van der Waals surface area contributed by atoms with Crippen molar-refractivity contribution in [2.75, 3.05) is 13.3 Å². The number of hydrogen-bond acceptors (Lipinski definition) is 3.